The summed E-state index contributed by atoms with van der Waals surface area (Å²) < 4.78 is 16.5. The first-order valence-electron chi connectivity index (χ1n) is 7.49. The zero-order valence-electron chi connectivity index (χ0n) is 14.3. The number of carbonyl (C=O) groups is 1. The summed E-state index contributed by atoms with van der Waals surface area (Å²) in [5.74, 6) is 3.01. The van der Waals surface area contributed by atoms with Crippen LogP contribution in [0.25, 0.3) is 0 Å². The topological polar surface area (TPSA) is 56.8 Å². The highest BCUT2D eigenvalue weighted by molar-refractivity contribution is 9.10. The lowest BCUT2D eigenvalue weighted by Gasteiger charge is -2.13. The lowest BCUT2D eigenvalue weighted by molar-refractivity contribution is -0.113. The first-order valence-corrected chi connectivity index (χ1v) is 9.44. The Balaban J connectivity index is 1.91. The molecule has 25 heavy (non-hydrogen) atoms. The van der Waals surface area contributed by atoms with Crippen molar-refractivity contribution >= 4 is 39.3 Å². The fourth-order valence-electron chi connectivity index (χ4n) is 2.13. The third-order valence-corrected chi connectivity index (χ3v) is 5.03. The predicted molar refractivity (Wildman–Crippen MR) is 105 cm³/mol. The molecule has 2 aromatic rings. The predicted octanol–water partition coefficient (Wildman–Crippen LogP) is 4.35. The average Bonchev–Trinajstić information content (AvgIpc) is 2.63. The largest absolute Gasteiger partial charge is 0.497 e. The minimum Gasteiger partial charge on any atom is -0.497 e. The van der Waals surface area contributed by atoms with Crippen molar-refractivity contribution < 1.29 is 19.0 Å². The minimum absolute atomic E-state index is 0.0961. The molecule has 0 heterocycles. The Morgan fingerprint density at radius 1 is 1.04 bits per heavy atom. The van der Waals surface area contributed by atoms with E-state index in [0.29, 0.717) is 22.9 Å². The second-order valence-electron chi connectivity index (χ2n) is 5.08. The summed E-state index contributed by atoms with van der Waals surface area (Å²) in [6.45, 7) is 0. The number of thioether (sulfide) groups is 1. The Kier molecular flexibility index (Phi) is 7.46. The monoisotopic (exact) mass is 425 g/mol. The fourth-order valence-corrected chi connectivity index (χ4v) is 3.40. The van der Waals surface area contributed by atoms with Gasteiger partial charge in [-0.1, -0.05) is 12.1 Å². The summed E-state index contributed by atoms with van der Waals surface area (Å²) in [4.78, 5) is 12.2. The van der Waals surface area contributed by atoms with E-state index >= 15 is 0 Å². The zero-order valence-corrected chi connectivity index (χ0v) is 16.7. The molecule has 2 rings (SSSR count). The van der Waals surface area contributed by atoms with Crippen molar-refractivity contribution in [3.05, 3.63) is 46.4 Å². The van der Waals surface area contributed by atoms with Crippen molar-refractivity contribution in [2.75, 3.05) is 32.4 Å². The van der Waals surface area contributed by atoms with Gasteiger partial charge < -0.3 is 19.5 Å². The molecule has 0 atom stereocenters. The van der Waals surface area contributed by atoms with Gasteiger partial charge in [-0.2, -0.15) is 0 Å². The van der Waals surface area contributed by atoms with Crippen LogP contribution in [0.4, 0.5) is 5.69 Å². The van der Waals surface area contributed by atoms with Crippen molar-refractivity contribution in [2.24, 2.45) is 0 Å². The standard InChI is InChI=1S/C18H20BrNO4S/c1-22-13-6-4-12(5-7-13)10-25-11-18(21)20-15-9-16(23-2)14(19)8-17(15)24-3/h4-9H,10-11H2,1-3H3,(H,20,21). The molecule has 0 aliphatic rings. The van der Waals surface area contributed by atoms with E-state index < -0.39 is 0 Å². The number of hydrogen-bond acceptors (Lipinski definition) is 5. The minimum atomic E-state index is -0.0961. The Morgan fingerprint density at radius 3 is 2.32 bits per heavy atom. The van der Waals surface area contributed by atoms with Gasteiger partial charge in [-0.15, -0.1) is 11.8 Å². The molecule has 0 aliphatic carbocycles. The fraction of sp³-hybridized carbons (Fsp3) is 0.278. The van der Waals surface area contributed by atoms with Crippen molar-refractivity contribution in [3.63, 3.8) is 0 Å². The van der Waals surface area contributed by atoms with Crippen LogP contribution in [0.3, 0.4) is 0 Å². The number of benzene rings is 2. The Bertz CT molecular complexity index is 722. The second-order valence-corrected chi connectivity index (χ2v) is 6.92. The number of amides is 1. The normalized spacial score (nSPS) is 10.2. The van der Waals surface area contributed by atoms with E-state index in [1.54, 1.807) is 33.5 Å². The van der Waals surface area contributed by atoms with Gasteiger partial charge in [0.2, 0.25) is 5.91 Å². The smallest absolute Gasteiger partial charge is 0.234 e. The molecule has 2 aromatic carbocycles. The Hall–Kier alpha value is -1.86. The molecule has 0 radical (unpaired) electrons. The second kappa shape index (κ2) is 9.58. The van der Waals surface area contributed by atoms with Crippen molar-refractivity contribution in [3.8, 4) is 17.2 Å². The molecule has 0 aliphatic heterocycles. The maximum atomic E-state index is 12.2. The lowest BCUT2D eigenvalue weighted by Crippen LogP contribution is -2.15. The molecule has 1 N–H and O–H groups in total. The molecule has 0 unspecified atom stereocenters. The number of hydrogen-bond donors (Lipinski definition) is 1. The van der Waals surface area contributed by atoms with Crippen LogP contribution in [0.2, 0.25) is 0 Å². The Morgan fingerprint density at radius 2 is 1.72 bits per heavy atom. The van der Waals surface area contributed by atoms with Gasteiger partial charge in [0, 0.05) is 17.9 Å². The third-order valence-electron chi connectivity index (χ3n) is 3.41. The molecule has 0 bridgehead atoms. The van der Waals surface area contributed by atoms with Crippen LogP contribution in [0.15, 0.2) is 40.9 Å². The maximum absolute atomic E-state index is 12.2. The van der Waals surface area contributed by atoms with Crippen molar-refractivity contribution in [1.82, 2.24) is 0 Å². The number of rotatable bonds is 8. The van der Waals surface area contributed by atoms with Gasteiger partial charge in [0.05, 0.1) is 37.2 Å². The van der Waals surface area contributed by atoms with E-state index in [1.165, 1.54) is 11.8 Å². The summed E-state index contributed by atoms with van der Waals surface area (Å²) in [6, 6.07) is 11.3. The summed E-state index contributed by atoms with van der Waals surface area (Å²) in [6.07, 6.45) is 0. The third kappa shape index (κ3) is 5.57. The highest BCUT2D eigenvalue weighted by Gasteiger charge is 2.12. The number of anilines is 1. The molecule has 0 fully saturated rings. The summed E-state index contributed by atoms with van der Waals surface area (Å²) in [5.41, 5.74) is 1.72. The Labute approximate surface area is 160 Å². The molecule has 1 amide bonds. The number of carbonyl (C=O) groups excluding carboxylic acids is 1. The first-order chi connectivity index (χ1) is 12.1. The molecular weight excluding hydrogens is 406 g/mol. The number of nitrogens with one attached hydrogen (secondary N) is 1. The van der Waals surface area contributed by atoms with Gasteiger partial charge in [0.1, 0.15) is 17.2 Å². The molecule has 5 nitrogen and oxygen atoms in total. The summed E-state index contributed by atoms with van der Waals surface area (Å²) in [5, 5.41) is 2.86. The van der Waals surface area contributed by atoms with Gasteiger partial charge in [-0.25, -0.2) is 0 Å². The molecule has 134 valence electrons. The van der Waals surface area contributed by atoms with Crippen molar-refractivity contribution in [1.29, 1.82) is 0 Å². The van der Waals surface area contributed by atoms with E-state index in [2.05, 4.69) is 21.2 Å². The van der Waals surface area contributed by atoms with Crippen LogP contribution in [-0.4, -0.2) is 33.0 Å². The van der Waals surface area contributed by atoms with E-state index in [0.717, 1.165) is 21.5 Å². The zero-order chi connectivity index (χ0) is 18.2. The first kappa shape index (κ1) is 19.5. The number of halogens is 1. The van der Waals surface area contributed by atoms with Gasteiger partial charge in [-0.3, -0.25) is 4.79 Å². The SMILES string of the molecule is COc1ccc(CSCC(=O)Nc2cc(OC)c(Br)cc2OC)cc1. The van der Waals surface area contributed by atoms with E-state index in [9.17, 15) is 4.79 Å². The van der Waals surface area contributed by atoms with Crippen LogP contribution in [0.5, 0.6) is 17.2 Å². The van der Waals surface area contributed by atoms with Crippen molar-refractivity contribution in [2.45, 2.75) is 5.75 Å². The molecule has 0 saturated carbocycles. The molecule has 7 heteroatoms. The van der Waals surface area contributed by atoms with Crippen LogP contribution in [0.1, 0.15) is 5.56 Å². The highest BCUT2D eigenvalue weighted by Crippen LogP contribution is 2.36. The highest BCUT2D eigenvalue weighted by atomic mass is 79.9. The van der Waals surface area contributed by atoms with Gasteiger partial charge in [0.15, 0.2) is 0 Å². The number of methoxy groups -OCH3 is 3. The van der Waals surface area contributed by atoms with Crippen LogP contribution in [-0.2, 0) is 10.5 Å². The lowest BCUT2D eigenvalue weighted by atomic mass is 10.2. The van der Waals surface area contributed by atoms with E-state index in [-0.39, 0.29) is 5.91 Å². The molecule has 0 saturated heterocycles. The molecule has 0 spiro atoms. The van der Waals surface area contributed by atoms with Crippen LogP contribution < -0.4 is 19.5 Å². The molecular formula is C18H20BrNO4S. The summed E-state index contributed by atoms with van der Waals surface area (Å²) >= 11 is 4.94. The quantitative estimate of drug-likeness (QED) is 0.681. The van der Waals surface area contributed by atoms with Gasteiger partial charge >= 0.3 is 0 Å². The van der Waals surface area contributed by atoms with Crippen LogP contribution in [0, 0.1) is 0 Å². The molecule has 0 aromatic heterocycles. The van der Waals surface area contributed by atoms with E-state index in [1.807, 2.05) is 24.3 Å². The van der Waals surface area contributed by atoms with Gasteiger partial charge in [-0.05, 0) is 33.6 Å². The summed E-state index contributed by atoms with van der Waals surface area (Å²) in [7, 11) is 4.77. The number of ether oxygens (including phenoxy) is 3. The van der Waals surface area contributed by atoms with E-state index in [4.69, 9.17) is 14.2 Å². The van der Waals surface area contributed by atoms with Gasteiger partial charge in [0.25, 0.3) is 0 Å². The maximum Gasteiger partial charge on any atom is 0.234 e. The van der Waals surface area contributed by atoms with Crippen LogP contribution >= 0.6 is 27.7 Å². The average molecular weight is 426 g/mol.